The van der Waals surface area contributed by atoms with E-state index in [1.165, 1.54) is 18.4 Å². The van der Waals surface area contributed by atoms with Crippen molar-refractivity contribution in [1.29, 1.82) is 0 Å². The molecule has 0 radical (unpaired) electrons. The van der Waals surface area contributed by atoms with Gasteiger partial charge in [0.1, 0.15) is 12.1 Å². The largest absolute Gasteiger partial charge is 0.504 e. The van der Waals surface area contributed by atoms with Crippen LogP contribution in [0, 0.1) is 5.92 Å². The molecule has 3 fully saturated rings. The molecule has 1 spiro atoms. The van der Waals surface area contributed by atoms with Gasteiger partial charge >= 0.3 is 11.9 Å². The van der Waals surface area contributed by atoms with Crippen molar-refractivity contribution in [2.45, 2.75) is 86.6 Å². The lowest BCUT2D eigenvalue weighted by Gasteiger charge is -2.65. The summed E-state index contributed by atoms with van der Waals surface area (Å²) in [5.41, 5.74) is 1.23. The summed E-state index contributed by atoms with van der Waals surface area (Å²) in [7, 11) is 1.79. The average Bonchev–Trinajstić information content (AvgIpc) is 3.57. The lowest BCUT2D eigenvalue weighted by Crippen LogP contribution is -2.79. The van der Waals surface area contributed by atoms with Gasteiger partial charge in [0, 0.05) is 37.7 Å². The van der Waals surface area contributed by atoms with Crippen molar-refractivity contribution in [3.8, 4) is 11.5 Å². The first-order chi connectivity index (χ1) is 16.8. The Labute approximate surface area is 204 Å². The molecule has 1 unspecified atom stereocenters. The van der Waals surface area contributed by atoms with E-state index < -0.39 is 35.1 Å². The highest BCUT2D eigenvalue weighted by Crippen LogP contribution is 2.66. The number of hydrogen-bond acceptors (Lipinski definition) is 7. The third-order valence-corrected chi connectivity index (χ3v) is 9.45. The van der Waals surface area contributed by atoms with Crippen molar-refractivity contribution >= 4 is 11.9 Å². The first kappa shape index (κ1) is 23.1. The third-order valence-electron chi connectivity index (χ3n) is 9.45. The maximum absolute atomic E-state index is 12.0. The Hall–Kier alpha value is -2.36. The van der Waals surface area contributed by atoms with Crippen LogP contribution in [0.2, 0.25) is 0 Å². The molecule has 2 saturated carbocycles. The van der Waals surface area contributed by atoms with E-state index in [9.17, 15) is 19.8 Å². The van der Waals surface area contributed by atoms with Crippen molar-refractivity contribution in [3.63, 3.8) is 0 Å². The molecule has 1 aromatic rings. The fraction of sp³-hybridized carbons (Fsp3) is 0.692. The van der Waals surface area contributed by atoms with Gasteiger partial charge in [-0.15, -0.1) is 0 Å². The number of nitrogens with zero attached hydrogens (tertiary/aromatic N) is 1. The molecule has 6 rings (SSSR count). The number of benzene rings is 1. The molecule has 2 bridgehead atoms. The van der Waals surface area contributed by atoms with Gasteiger partial charge < -0.3 is 24.8 Å². The van der Waals surface area contributed by atoms with Gasteiger partial charge in [-0.05, 0) is 69.0 Å². The standard InChI is InChI=1S/C26H34N2O7/c1-34-26-9-8-16(27-17(24(32)33)5-7-20(30)31)23-25(26)10-11-28(13-14-2-3-14)19(26)12-15-4-6-18(29)22(35-23)21(15)25/h4,6,14,16-17,19,23,27,29H,2-3,5,7-13H2,1H3,(H,30,31)(H,32,33)/t16-,17+,19?,23+,25+,26-/m1/s1. The molecular weight excluding hydrogens is 452 g/mol. The van der Waals surface area contributed by atoms with Gasteiger partial charge in [-0.2, -0.15) is 0 Å². The number of nitrogens with one attached hydrogen (secondary N) is 1. The van der Waals surface area contributed by atoms with Gasteiger partial charge in [0.15, 0.2) is 11.5 Å². The Morgan fingerprint density at radius 2 is 2.06 bits per heavy atom. The summed E-state index contributed by atoms with van der Waals surface area (Å²) in [5, 5.41) is 33.0. The average molecular weight is 487 g/mol. The Morgan fingerprint density at radius 1 is 1.26 bits per heavy atom. The minimum absolute atomic E-state index is 0.00243. The number of likely N-dealkylation sites (tertiary alicyclic amines) is 1. The first-order valence-electron chi connectivity index (χ1n) is 12.8. The smallest absolute Gasteiger partial charge is 0.320 e. The van der Waals surface area contributed by atoms with E-state index >= 15 is 0 Å². The quantitative estimate of drug-likeness (QED) is 0.414. The second kappa shape index (κ2) is 8.08. The minimum atomic E-state index is -1.06. The molecule has 9 nitrogen and oxygen atoms in total. The highest BCUT2D eigenvalue weighted by atomic mass is 16.5. The van der Waals surface area contributed by atoms with Gasteiger partial charge in [0.25, 0.3) is 0 Å². The van der Waals surface area contributed by atoms with Crippen LogP contribution >= 0.6 is 0 Å². The fourth-order valence-electron chi connectivity index (χ4n) is 7.84. The summed E-state index contributed by atoms with van der Waals surface area (Å²) in [6.07, 6.45) is 4.98. The molecular formula is C26H34N2O7. The Bertz CT molecular complexity index is 1060. The molecule has 2 aliphatic heterocycles. The van der Waals surface area contributed by atoms with Crippen LogP contribution in [0.3, 0.4) is 0 Å². The van der Waals surface area contributed by atoms with Crippen molar-refractivity contribution in [3.05, 3.63) is 23.3 Å². The highest BCUT2D eigenvalue weighted by Gasteiger charge is 2.74. The predicted octanol–water partition coefficient (Wildman–Crippen LogP) is 1.89. The summed E-state index contributed by atoms with van der Waals surface area (Å²) >= 11 is 0. The van der Waals surface area contributed by atoms with Gasteiger partial charge in [-0.1, -0.05) is 6.07 Å². The van der Waals surface area contributed by atoms with E-state index in [-0.39, 0.29) is 30.7 Å². The Kier molecular flexibility index (Phi) is 5.32. The number of carboxylic acid groups (broad SMARTS) is 2. The number of aromatic hydroxyl groups is 1. The molecule has 1 aromatic carbocycles. The molecule has 0 aromatic heterocycles. The third kappa shape index (κ3) is 3.24. The van der Waals surface area contributed by atoms with Crippen LogP contribution in [0.1, 0.15) is 56.1 Å². The van der Waals surface area contributed by atoms with Crippen molar-refractivity contribution in [2.24, 2.45) is 5.92 Å². The molecule has 4 N–H and O–H groups in total. The summed E-state index contributed by atoms with van der Waals surface area (Å²) in [5.74, 6) is -0.707. The number of carboxylic acids is 2. The van der Waals surface area contributed by atoms with Crippen LogP contribution in [0.4, 0.5) is 0 Å². The number of carbonyl (C=O) groups is 2. The van der Waals surface area contributed by atoms with E-state index in [2.05, 4.69) is 10.2 Å². The van der Waals surface area contributed by atoms with Gasteiger partial charge in [-0.25, -0.2) is 0 Å². The lowest BCUT2D eigenvalue weighted by molar-refractivity contribution is -0.208. The minimum Gasteiger partial charge on any atom is -0.504 e. The van der Waals surface area contributed by atoms with Gasteiger partial charge in [0.05, 0.1) is 11.0 Å². The van der Waals surface area contributed by atoms with Crippen molar-refractivity contribution in [2.75, 3.05) is 20.2 Å². The summed E-state index contributed by atoms with van der Waals surface area (Å²) in [6.45, 7) is 1.99. The SMILES string of the molecule is CO[C@@]12CC[C@@H](N[C@@H](CCC(=O)O)C(=O)O)[C@@H]3Oc4c(O)ccc5c4[C@@]31CCN(CC1CC1)C2C5. The normalized spacial score (nSPS) is 35.7. The van der Waals surface area contributed by atoms with Crippen LogP contribution in [0.5, 0.6) is 11.5 Å². The summed E-state index contributed by atoms with van der Waals surface area (Å²) in [6, 6.07) is 2.62. The van der Waals surface area contributed by atoms with Gasteiger partial charge in [0.2, 0.25) is 0 Å². The Balaban J connectivity index is 1.41. The molecule has 1 saturated heterocycles. The van der Waals surface area contributed by atoms with E-state index in [0.29, 0.717) is 12.2 Å². The second-order valence-electron chi connectivity index (χ2n) is 11.1. The number of ether oxygens (including phenoxy) is 2. The van der Waals surface area contributed by atoms with Gasteiger partial charge in [-0.3, -0.25) is 19.8 Å². The monoisotopic (exact) mass is 486 g/mol. The number of phenols is 1. The van der Waals surface area contributed by atoms with E-state index in [1.54, 1.807) is 13.2 Å². The summed E-state index contributed by atoms with van der Waals surface area (Å²) in [4.78, 5) is 25.7. The van der Waals surface area contributed by atoms with E-state index in [1.807, 2.05) is 6.07 Å². The van der Waals surface area contributed by atoms with E-state index in [4.69, 9.17) is 14.6 Å². The number of aliphatic carboxylic acids is 2. The maximum Gasteiger partial charge on any atom is 0.320 e. The number of hydrogen-bond donors (Lipinski definition) is 4. The predicted molar refractivity (Wildman–Crippen MR) is 125 cm³/mol. The molecule has 2 heterocycles. The van der Waals surface area contributed by atoms with Crippen LogP contribution in [-0.2, 0) is 26.2 Å². The number of piperidine rings is 1. The molecule has 6 atom stereocenters. The zero-order valence-corrected chi connectivity index (χ0v) is 20.0. The zero-order valence-electron chi connectivity index (χ0n) is 20.0. The Morgan fingerprint density at radius 3 is 2.74 bits per heavy atom. The van der Waals surface area contributed by atoms with E-state index in [0.717, 1.165) is 43.8 Å². The van der Waals surface area contributed by atoms with Crippen LogP contribution in [0.15, 0.2) is 12.1 Å². The molecule has 5 aliphatic rings. The van der Waals surface area contributed by atoms with Crippen molar-refractivity contribution < 1.29 is 34.4 Å². The number of phenolic OH excluding ortho intramolecular Hbond substituents is 1. The molecule has 190 valence electrons. The number of methoxy groups -OCH3 is 1. The summed E-state index contributed by atoms with van der Waals surface area (Å²) < 4.78 is 13.1. The van der Waals surface area contributed by atoms with Crippen molar-refractivity contribution in [1.82, 2.24) is 10.2 Å². The molecule has 3 aliphatic carbocycles. The number of rotatable bonds is 9. The lowest BCUT2D eigenvalue weighted by atomic mass is 9.48. The van der Waals surface area contributed by atoms with Crippen LogP contribution < -0.4 is 10.1 Å². The zero-order chi connectivity index (χ0) is 24.5. The molecule has 0 amide bonds. The van der Waals surface area contributed by atoms with Crippen LogP contribution in [0.25, 0.3) is 0 Å². The first-order valence-corrected chi connectivity index (χ1v) is 12.8. The fourth-order valence-corrected chi connectivity index (χ4v) is 7.84. The molecule has 35 heavy (non-hydrogen) atoms. The maximum atomic E-state index is 12.0. The molecule has 9 heteroatoms. The second-order valence-corrected chi connectivity index (χ2v) is 11.1. The highest BCUT2D eigenvalue weighted by molar-refractivity contribution is 5.75. The topological polar surface area (TPSA) is 129 Å². The van der Waals surface area contributed by atoms with Crippen LogP contribution in [-0.4, -0.2) is 82.2 Å².